The number of nitrogens with two attached hydrogens (primary N) is 1. The lowest BCUT2D eigenvalue weighted by Gasteiger charge is -2.02. The molecule has 4 N–H and O–H groups in total. The molecule has 2 aromatic rings. The first kappa shape index (κ1) is 10.1. The van der Waals surface area contributed by atoms with Crippen molar-refractivity contribution in [2.75, 3.05) is 5.73 Å². The highest BCUT2D eigenvalue weighted by atomic mass is 16.1. The fraction of sp³-hybridized carbons (Fsp3) is 0.111. The van der Waals surface area contributed by atoms with E-state index in [9.17, 15) is 4.79 Å². The Morgan fingerprint density at radius 2 is 2.31 bits per heavy atom. The number of aromatic nitrogens is 4. The summed E-state index contributed by atoms with van der Waals surface area (Å²) in [5.41, 5.74) is 6.41. The van der Waals surface area contributed by atoms with E-state index in [1.165, 1.54) is 12.1 Å². The number of rotatable bonds is 3. The number of nitrogens with zero attached hydrogens (tertiary/aromatic N) is 3. The second-order valence-electron chi connectivity index (χ2n) is 3.10. The van der Waals surface area contributed by atoms with E-state index >= 15 is 0 Å². The molecular weight excluding hydrogens is 208 g/mol. The first-order chi connectivity index (χ1) is 7.75. The monoisotopic (exact) mass is 218 g/mol. The number of imidazole rings is 1. The molecule has 0 spiro atoms. The summed E-state index contributed by atoms with van der Waals surface area (Å²) in [6, 6.07) is 3.04. The number of carbonyl (C=O) groups is 1. The van der Waals surface area contributed by atoms with Gasteiger partial charge in [-0.05, 0) is 12.1 Å². The average molecular weight is 218 g/mol. The summed E-state index contributed by atoms with van der Waals surface area (Å²) in [5.74, 6) is -0.0211. The Bertz CT molecular complexity index is 463. The molecule has 2 rings (SSSR count). The van der Waals surface area contributed by atoms with E-state index in [1.54, 1.807) is 12.5 Å². The fourth-order valence-electron chi connectivity index (χ4n) is 1.11. The van der Waals surface area contributed by atoms with E-state index in [0.29, 0.717) is 6.54 Å². The number of hydrogen-bond donors (Lipinski definition) is 3. The predicted octanol–water partition coefficient (Wildman–Crippen LogP) is -0.288. The first-order valence-electron chi connectivity index (χ1n) is 4.60. The van der Waals surface area contributed by atoms with E-state index in [0.717, 1.165) is 5.69 Å². The van der Waals surface area contributed by atoms with Gasteiger partial charge in [-0.1, -0.05) is 0 Å². The van der Waals surface area contributed by atoms with Crippen LogP contribution in [0.2, 0.25) is 0 Å². The molecule has 82 valence electrons. The molecule has 0 radical (unpaired) electrons. The number of nitrogens with one attached hydrogen (secondary N) is 2. The molecule has 0 saturated heterocycles. The van der Waals surface area contributed by atoms with Crippen LogP contribution in [0.1, 0.15) is 16.2 Å². The molecule has 0 fully saturated rings. The van der Waals surface area contributed by atoms with Gasteiger partial charge < -0.3 is 16.0 Å². The van der Waals surface area contributed by atoms with Crippen LogP contribution in [-0.2, 0) is 6.54 Å². The second-order valence-corrected chi connectivity index (χ2v) is 3.10. The Balaban J connectivity index is 1.95. The minimum absolute atomic E-state index is 0.230. The molecule has 2 aromatic heterocycles. The van der Waals surface area contributed by atoms with Gasteiger partial charge in [0.2, 0.25) is 0 Å². The molecular formula is C9H10N6O. The van der Waals surface area contributed by atoms with Crippen LogP contribution in [0.15, 0.2) is 24.7 Å². The molecule has 0 aromatic carbocycles. The van der Waals surface area contributed by atoms with Crippen LogP contribution in [0.25, 0.3) is 0 Å². The number of anilines is 1. The maximum absolute atomic E-state index is 11.6. The molecule has 0 aliphatic heterocycles. The van der Waals surface area contributed by atoms with Gasteiger partial charge in [-0.25, -0.2) is 4.98 Å². The van der Waals surface area contributed by atoms with Gasteiger partial charge in [-0.15, -0.1) is 10.2 Å². The van der Waals surface area contributed by atoms with Crippen LogP contribution in [0.4, 0.5) is 5.82 Å². The normalized spacial score (nSPS) is 10.0. The molecule has 0 saturated carbocycles. The van der Waals surface area contributed by atoms with Crippen molar-refractivity contribution in [2.24, 2.45) is 0 Å². The third-order valence-corrected chi connectivity index (χ3v) is 1.91. The van der Waals surface area contributed by atoms with Crippen LogP contribution in [0.5, 0.6) is 0 Å². The van der Waals surface area contributed by atoms with E-state index in [2.05, 4.69) is 25.5 Å². The molecule has 16 heavy (non-hydrogen) atoms. The van der Waals surface area contributed by atoms with E-state index in [-0.39, 0.29) is 17.4 Å². The highest BCUT2D eigenvalue weighted by Crippen LogP contribution is 1.97. The molecule has 0 aliphatic rings. The van der Waals surface area contributed by atoms with E-state index < -0.39 is 0 Å². The molecule has 1 amide bonds. The number of carbonyl (C=O) groups excluding carboxylic acids is 1. The summed E-state index contributed by atoms with van der Waals surface area (Å²) in [6.07, 6.45) is 3.18. The third kappa shape index (κ3) is 2.32. The lowest BCUT2D eigenvalue weighted by molar-refractivity contribution is 0.0944. The van der Waals surface area contributed by atoms with Crippen molar-refractivity contribution in [1.29, 1.82) is 0 Å². The zero-order valence-corrected chi connectivity index (χ0v) is 8.34. The highest BCUT2D eigenvalue weighted by molar-refractivity contribution is 5.92. The second kappa shape index (κ2) is 4.39. The van der Waals surface area contributed by atoms with Crippen molar-refractivity contribution in [3.8, 4) is 0 Å². The Morgan fingerprint density at radius 3 is 2.94 bits per heavy atom. The van der Waals surface area contributed by atoms with E-state index in [1.807, 2.05) is 0 Å². The number of amides is 1. The minimum Gasteiger partial charge on any atom is -0.382 e. The predicted molar refractivity (Wildman–Crippen MR) is 56.2 cm³/mol. The van der Waals surface area contributed by atoms with E-state index in [4.69, 9.17) is 5.73 Å². The maximum Gasteiger partial charge on any atom is 0.272 e. The SMILES string of the molecule is Nc1ccc(C(=O)NCc2cnc[nH]2)nn1. The van der Waals surface area contributed by atoms with Gasteiger partial charge in [0.25, 0.3) is 5.91 Å². The topological polar surface area (TPSA) is 110 Å². The lowest BCUT2D eigenvalue weighted by Crippen LogP contribution is -2.24. The van der Waals surface area contributed by atoms with Crippen molar-refractivity contribution >= 4 is 11.7 Å². The fourth-order valence-corrected chi connectivity index (χ4v) is 1.11. The number of aromatic amines is 1. The number of nitrogen functional groups attached to an aromatic ring is 1. The molecule has 0 aliphatic carbocycles. The Hall–Kier alpha value is -2.44. The van der Waals surface area contributed by atoms with Crippen LogP contribution in [-0.4, -0.2) is 26.1 Å². The zero-order chi connectivity index (χ0) is 11.4. The van der Waals surface area contributed by atoms with Gasteiger partial charge in [-0.3, -0.25) is 4.79 Å². The average Bonchev–Trinajstić information content (AvgIpc) is 2.80. The minimum atomic E-state index is -0.304. The first-order valence-corrected chi connectivity index (χ1v) is 4.60. The Morgan fingerprint density at radius 1 is 1.44 bits per heavy atom. The summed E-state index contributed by atoms with van der Waals surface area (Å²) in [7, 11) is 0. The lowest BCUT2D eigenvalue weighted by atomic mass is 10.3. The Kier molecular flexibility index (Phi) is 2.77. The van der Waals surface area contributed by atoms with Crippen LogP contribution < -0.4 is 11.1 Å². The third-order valence-electron chi connectivity index (χ3n) is 1.91. The van der Waals surface area contributed by atoms with Gasteiger partial charge in [0.1, 0.15) is 5.82 Å². The molecule has 2 heterocycles. The van der Waals surface area contributed by atoms with Gasteiger partial charge in [0.05, 0.1) is 18.6 Å². The van der Waals surface area contributed by atoms with Gasteiger partial charge in [0, 0.05) is 6.20 Å². The number of H-pyrrole nitrogens is 1. The van der Waals surface area contributed by atoms with Crippen molar-refractivity contribution in [1.82, 2.24) is 25.5 Å². The van der Waals surface area contributed by atoms with Gasteiger partial charge in [-0.2, -0.15) is 0 Å². The summed E-state index contributed by atoms with van der Waals surface area (Å²) in [6.45, 7) is 0.366. The van der Waals surface area contributed by atoms with Gasteiger partial charge >= 0.3 is 0 Å². The van der Waals surface area contributed by atoms with Crippen molar-refractivity contribution in [3.63, 3.8) is 0 Å². The van der Waals surface area contributed by atoms with Crippen LogP contribution in [0, 0.1) is 0 Å². The zero-order valence-electron chi connectivity index (χ0n) is 8.34. The van der Waals surface area contributed by atoms with Crippen molar-refractivity contribution in [2.45, 2.75) is 6.54 Å². The summed E-state index contributed by atoms with van der Waals surface area (Å²) < 4.78 is 0. The molecule has 7 nitrogen and oxygen atoms in total. The molecule has 0 unspecified atom stereocenters. The number of hydrogen-bond acceptors (Lipinski definition) is 5. The summed E-state index contributed by atoms with van der Waals surface area (Å²) >= 11 is 0. The standard InChI is InChI=1S/C9H10N6O/c10-8-2-1-7(14-15-8)9(16)12-4-6-3-11-5-13-6/h1-3,5H,4H2,(H2,10,15)(H,11,13)(H,12,16). The maximum atomic E-state index is 11.6. The van der Waals surface area contributed by atoms with Crippen molar-refractivity contribution in [3.05, 3.63) is 36.0 Å². The molecule has 7 heteroatoms. The largest absolute Gasteiger partial charge is 0.382 e. The summed E-state index contributed by atoms with van der Waals surface area (Å²) in [5, 5.41) is 9.92. The molecule has 0 bridgehead atoms. The summed E-state index contributed by atoms with van der Waals surface area (Å²) in [4.78, 5) is 18.3. The molecule has 0 atom stereocenters. The van der Waals surface area contributed by atoms with Crippen molar-refractivity contribution < 1.29 is 4.79 Å². The highest BCUT2D eigenvalue weighted by Gasteiger charge is 2.07. The smallest absolute Gasteiger partial charge is 0.272 e. The van der Waals surface area contributed by atoms with Gasteiger partial charge in [0.15, 0.2) is 5.69 Å². The van der Waals surface area contributed by atoms with Crippen LogP contribution >= 0.6 is 0 Å². The Labute approximate surface area is 91.1 Å². The van der Waals surface area contributed by atoms with Crippen LogP contribution in [0.3, 0.4) is 0 Å². The quantitative estimate of drug-likeness (QED) is 0.655.